The highest BCUT2D eigenvalue weighted by Gasteiger charge is 2.41. The fourth-order valence-electron chi connectivity index (χ4n) is 4.84. The molecule has 1 saturated heterocycles. The van der Waals surface area contributed by atoms with Crippen LogP contribution in [0, 0.1) is 11.3 Å². The smallest absolute Gasteiger partial charge is 0.0334 e. The Morgan fingerprint density at radius 3 is 2.43 bits per heavy atom. The molecule has 2 aliphatic rings. The summed E-state index contributed by atoms with van der Waals surface area (Å²) in [5.74, 6) is 0.869. The van der Waals surface area contributed by atoms with Crippen molar-refractivity contribution < 1.29 is 0 Å². The van der Waals surface area contributed by atoms with E-state index in [1.54, 1.807) is 0 Å². The van der Waals surface area contributed by atoms with Gasteiger partial charge in [-0.05, 0) is 63.3 Å². The van der Waals surface area contributed by atoms with Crippen molar-refractivity contribution in [3.8, 4) is 0 Å². The molecule has 124 valence electrons. The third-order valence-corrected chi connectivity index (χ3v) is 6.42. The van der Waals surface area contributed by atoms with E-state index < -0.39 is 0 Å². The molecule has 1 aliphatic heterocycles. The Balaban J connectivity index is 2.13. The standard InChI is InChI=1S/C19H38N2/c1-16-9-6-5-7-14-21(16)19(15-20)12-8-10-17(11-13-19)18(2,3)4/h16-17H,5-15,20H2,1-4H3. The van der Waals surface area contributed by atoms with Gasteiger partial charge in [0.25, 0.3) is 0 Å². The largest absolute Gasteiger partial charge is 0.329 e. The number of nitrogens with zero attached hydrogens (tertiary/aromatic N) is 1. The average molecular weight is 295 g/mol. The van der Waals surface area contributed by atoms with Crippen molar-refractivity contribution in [2.45, 2.75) is 97.1 Å². The van der Waals surface area contributed by atoms with Crippen molar-refractivity contribution in [2.24, 2.45) is 17.1 Å². The highest BCUT2D eigenvalue weighted by Crippen LogP contribution is 2.42. The van der Waals surface area contributed by atoms with Gasteiger partial charge < -0.3 is 5.73 Å². The summed E-state index contributed by atoms with van der Waals surface area (Å²) in [6, 6.07) is 0.724. The summed E-state index contributed by atoms with van der Waals surface area (Å²) in [5, 5.41) is 0. The van der Waals surface area contributed by atoms with Crippen LogP contribution in [0.25, 0.3) is 0 Å². The Bertz CT molecular complexity index is 320. The van der Waals surface area contributed by atoms with Crippen LogP contribution in [0.3, 0.4) is 0 Å². The van der Waals surface area contributed by atoms with Crippen LogP contribution < -0.4 is 5.73 Å². The highest BCUT2D eigenvalue weighted by atomic mass is 15.2. The molecule has 1 heterocycles. The summed E-state index contributed by atoms with van der Waals surface area (Å²) >= 11 is 0. The minimum atomic E-state index is 0.295. The van der Waals surface area contributed by atoms with Gasteiger partial charge in [0, 0.05) is 18.1 Å². The van der Waals surface area contributed by atoms with Crippen LogP contribution in [-0.4, -0.2) is 29.6 Å². The van der Waals surface area contributed by atoms with Crippen LogP contribution in [0.1, 0.15) is 85.5 Å². The van der Waals surface area contributed by atoms with Crippen molar-refractivity contribution in [2.75, 3.05) is 13.1 Å². The topological polar surface area (TPSA) is 29.3 Å². The molecular formula is C19H38N2. The molecule has 1 saturated carbocycles. The van der Waals surface area contributed by atoms with E-state index in [9.17, 15) is 0 Å². The Labute approximate surface area is 132 Å². The monoisotopic (exact) mass is 294 g/mol. The van der Waals surface area contributed by atoms with Crippen LogP contribution >= 0.6 is 0 Å². The quantitative estimate of drug-likeness (QED) is 0.756. The van der Waals surface area contributed by atoms with Crippen molar-refractivity contribution in [1.29, 1.82) is 0 Å². The molecule has 2 rings (SSSR count). The molecular weight excluding hydrogens is 256 g/mol. The Kier molecular flexibility index (Phi) is 5.76. The summed E-state index contributed by atoms with van der Waals surface area (Å²) < 4.78 is 0. The molecule has 0 spiro atoms. The summed E-state index contributed by atoms with van der Waals surface area (Å²) in [6.45, 7) is 11.8. The van der Waals surface area contributed by atoms with Gasteiger partial charge in [0.05, 0.1) is 0 Å². The van der Waals surface area contributed by atoms with Crippen LogP contribution in [0.4, 0.5) is 0 Å². The lowest BCUT2D eigenvalue weighted by Crippen LogP contribution is -2.57. The lowest BCUT2D eigenvalue weighted by atomic mass is 9.76. The molecule has 0 aromatic rings. The maximum Gasteiger partial charge on any atom is 0.0334 e. The van der Waals surface area contributed by atoms with Crippen molar-refractivity contribution in [1.82, 2.24) is 4.90 Å². The minimum absolute atomic E-state index is 0.295. The fourth-order valence-corrected chi connectivity index (χ4v) is 4.84. The Hall–Kier alpha value is -0.0800. The first-order valence-corrected chi connectivity index (χ1v) is 9.36. The van der Waals surface area contributed by atoms with Gasteiger partial charge in [-0.3, -0.25) is 4.90 Å². The molecule has 2 N–H and O–H groups in total. The molecule has 3 unspecified atom stereocenters. The van der Waals surface area contributed by atoms with E-state index in [1.165, 1.54) is 64.3 Å². The predicted molar refractivity (Wildman–Crippen MR) is 92.5 cm³/mol. The third-order valence-electron chi connectivity index (χ3n) is 6.42. The van der Waals surface area contributed by atoms with Gasteiger partial charge in [-0.2, -0.15) is 0 Å². The van der Waals surface area contributed by atoms with Crippen molar-refractivity contribution >= 4 is 0 Å². The molecule has 0 radical (unpaired) electrons. The zero-order valence-corrected chi connectivity index (χ0v) is 15.0. The van der Waals surface area contributed by atoms with Gasteiger partial charge in [-0.15, -0.1) is 0 Å². The number of nitrogens with two attached hydrogens (primary N) is 1. The summed E-state index contributed by atoms with van der Waals surface area (Å²) in [7, 11) is 0. The fraction of sp³-hybridized carbons (Fsp3) is 1.00. The molecule has 1 aliphatic carbocycles. The molecule has 0 aromatic carbocycles. The number of hydrogen-bond donors (Lipinski definition) is 1. The molecule has 2 fully saturated rings. The van der Waals surface area contributed by atoms with E-state index in [0.29, 0.717) is 11.0 Å². The van der Waals surface area contributed by atoms with Crippen molar-refractivity contribution in [3.63, 3.8) is 0 Å². The van der Waals surface area contributed by atoms with Crippen LogP contribution in [0.5, 0.6) is 0 Å². The van der Waals surface area contributed by atoms with Gasteiger partial charge in [0.2, 0.25) is 0 Å². The lowest BCUT2D eigenvalue weighted by molar-refractivity contribution is 0.0415. The zero-order valence-electron chi connectivity index (χ0n) is 15.0. The molecule has 2 heteroatoms. The second-order valence-electron chi connectivity index (χ2n) is 8.81. The molecule has 2 nitrogen and oxygen atoms in total. The molecule has 3 atom stereocenters. The Morgan fingerprint density at radius 1 is 1.00 bits per heavy atom. The van der Waals surface area contributed by atoms with E-state index in [2.05, 4.69) is 32.6 Å². The number of rotatable bonds is 2. The number of likely N-dealkylation sites (tertiary alicyclic amines) is 1. The average Bonchev–Trinajstić information content (AvgIpc) is 2.76. The minimum Gasteiger partial charge on any atom is -0.329 e. The molecule has 21 heavy (non-hydrogen) atoms. The summed E-state index contributed by atoms with van der Waals surface area (Å²) in [6.07, 6.45) is 12.3. The van der Waals surface area contributed by atoms with Gasteiger partial charge in [0.1, 0.15) is 0 Å². The first kappa shape index (κ1) is 17.3. The second kappa shape index (κ2) is 7.00. The molecule has 0 amide bonds. The van der Waals surface area contributed by atoms with E-state index in [4.69, 9.17) is 5.73 Å². The van der Waals surface area contributed by atoms with Crippen LogP contribution in [-0.2, 0) is 0 Å². The Morgan fingerprint density at radius 2 is 1.76 bits per heavy atom. The SMILES string of the molecule is CC1CCCCCN1C1(CN)CCCC(C(C)(C)C)CC1. The predicted octanol–water partition coefficient (Wildman–Crippen LogP) is 4.57. The third kappa shape index (κ3) is 4.01. The van der Waals surface area contributed by atoms with E-state index in [0.717, 1.165) is 18.5 Å². The maximum absolute atomic E-state index is 6.36. The van der Waals surface area contributed by atoms with Crippen LogP contribution in [0.2, 0.25) is 0 Å². The van der Waals surface area contributed by atoms with E-state index in [1.807, 2.05) is 0 Å². The van der Waals surface area contributed by atoms with Gasteiger partial charge in [-0.25, -0.2) is 0 Å². The highest BCUT2D eigenvalue weighted by molar-refractivity contribution is 4.97. The first-order chi connectivity index (χ1) is 9.89. The maximum atomic E-state index is 6.36. The van der Waals surface area contributed by atoms with E-state index >= 15 is 0 Å². The van der Waals surface area contributed by atoms with Gasteiger partial charge in [0.15, 0.2) is 0 Å². The second-order valence-corrected chi connectivity index (χ2v) is 8.81. The van der Waals surface area contributed by atoms with Crippen molar-refractivity contribution in [3.05, 3.63) is 0 Å². The van der Waals surface area contributed by atoms with Gasteiger partial charge >= 0.3 is 0 Å². The first-order valence-electron chi connectivity index (χ1n) is 9.36. The molecule has 0 aromatic heterocycles. The summed E-state index contributed by atoms with van der Waals surface area (Å²) in [4.78, 5) is 2.82. The summed E-state index contributed by atoms with van der Waals surface area (Å²) in [5.41, 5.74) is 7.11. The van der Waals surface area contributed by atoms with Gasteiger partial charge in [-0.1, -0.05) is 40.0 Å². The number of hydrogen-bond acceptors (Lipinski definition) is 2. The van der Waals surface area contributed by atoms with Crippen LogP contribution in [0.15, 0.2) is 0 Å². The zero-order chi connectivity index (χ0) is 15.5. The molecule has 0 bridgehead atoms. The van der Waals surface area contributed by atoms with E-state index in [-0.39, 0.29) is 0 Å². The normalized spacial score (nSPS) is 37.0. The lowest BCUT2D eigenvalue weighted by Gasteiger charge is -2.46.